The van der Waals surface area contributed by atoms with Crippen LogP contribution < -0.4 is 10.6 Å². The summed E-state index contributed by atoms with van der Waals surface area (Å²) in [6, 6.07) is 8.32. The van der Waals surface area contributed by atoms with Gasteiger partial charge in [0.15, 0.2) is 5.96 Å². The molecule has 1 aliphatic rings. The molecule has 0 amide bonds. The van der Waals surface area contributed by atoms with Gasteiger partial charge in [-0.2, -0.15) is 5.10 Å². The number of aliphatic imine (C=N–C) groups is 1. The van der Waals surface area contributed by atoms with Crippen LogP contribution >= 0.6 is 11.6 Å². The van der Waals surface area contributed by atoms with Gasteiger partial charge in [0, 0.05) is 48.9 Å². The summed E-state index contributed by atoms with van der Waals surface area (Å²) in [5.74, 6) is 0.825. The van der Waals surface area contributed by atoms with E-state index in [4.69, 9.17) is 11.6 Å². The minimum absolute atomic E-state index is 0.128. The van der Waals surface area contributed by atoms with Gasteiger partial charge >= 0.3 is 0 Å². The van der Waals surface area contributed by atoms with Crippen LogP contribution in [0.2, 0.25) is 5.02 Å². The number of hydrogen-bond donors (Lipinski definition) is 2. The van der Waals surface area contributed by atoms with Crippen molar-refractivity contribution in [1.29, 1.82) is 0 Å². The van der Waals surface area contributed by atoms with E-state index in [1.54, 1.807) is 0 Å². The Bertz CT molecular complexity index is 818. The fourth-order valence-electron chi connectivity index (χ4n) is 4.16. The average molecular weight is 388 g/mol. The smallest absolute Gasteiger partial charge is 0.191 e. The highest BCUT2D eigenvalue weighted by atomic mass is 35.5. The first-order valence-corrected chi connectivity index (χ1v) is 10.0. The fourth-order valence-corrected chi connectivity index (χ4v) is 4.35. The van der Waals surface area contributed by atoms with Crippen LogP contribution in [0.3, 0.4) is 0 Å². The Balaban J connectivity index is 1.67. The minimum atomic E-state index is 0.128. The van der Waals surface area contributed by atoms with E-state index in [1.165, 1.54) is 42.5 Å². The predicted octanol–water partition coefficient (Wildman–Crippen LogP) is 3.87. The lowest BCUT2D eigenvalue weighted by Gasteiger charge is -2.31. The number of rotatable bonds is 5. The third kappa shape index (κ3) is 4.29. The first-order chi connectivity index (χ1) is 12.9. The van der Waals surface area contributed by atoms with E-state index < -0.39 is 0 Å². The summed E-state index contributed by atoms with van der Waals surface area (Å²) >= 11 is 6.26. The van der Waals surface area contributed by atoms with Gasteiger partial charge in [-0.05, 0) is 44.4 Å². The van der Waals surface area contributed by atoms with Crippen LogP contribution in [-0.4, -0.2) is 29.3 Å². The first-order valence-electron chi connectivity index (χ1n) is 9.65. The van der Waals surface area contributed by atoms with Crippen molar-refractivity contribution >= 4 is 17.6 Å². The van der Waals surface area contributed by atoms with Gasteiger partial charge in [0.25, 0.3) is 0 Å². The van der Waals surface area contributed by atoms with Gasteiger partial charge in [-0.15, -0.1) is 0 Å². The average Bonchev–Trinajstić information content (AvgIpc) is 3.22. The summed E-state index contributed by atoms with van der Waals surface area (Å²) in [6.45, 7) is 5.72. The molecule has 1 aromatic carbocycles. The van der Waals surface area contributed by atoms with E-state index in [2.05, 4.69) is 45.8 Å². The quantitative estimate of drug-likeness (QED) is 0.604. The molecule has 0 radical (unpaired) electrons. The molecule has 0 bridgehead atoms. The zero-order valence-corrected chi connectivity index (χ0v) is 17.5. The standard InChI is InChI=1S/C21H30ClN5/c1-15-19(16(2)27(4)26-15)13-24-20(23-3)25-14-21(10-5-6-11-21)17-8-7-9-18(22)12-17/h7-9,12H,5-6,10-11,13-14H2,1-4H3,(H2,23,24,25). The van der Waals surface area contributed by atoms with E-state index in [9.17, 15) is 0 Å². The summed E-state index contributed by atoms with van der Waals surface area (Å²) in [6.07, 6.45) is 4.87. The summed E-state index contributed by atoms with van der Waals surface area (Å²) in [5.41, 5.74) is 4.92. The highest BCUT2D eigenvalue weighted by Crippen LogP contribution is 2.41. The van der Waals surface area contributed by atoms with Crippen LogP contribution in [0, 0.1) is 13.8 Å². The molecule has 1 heterocycles. The second-order valence-corrected chi connectivity index (χ2v) is 7.99. The highest BCUT2D eigenvalue weighted by molar-refractivity contribution is 6.30. The largest absolute Gasteiger partial charge is 0.356 e. The number of hydrogen-bond acceptors (Lipinski definition) is 2. The van der Waals surface area contributed by atoms with Crippen molar-refractivity contribution in [2.75, 3.05) is 13.6 Å². The molecule has 5 nitrogen and oxygen atoms in total. The van der Waals surface area contributed by atoms with Crippen LogP contribution in [0.4, 0.5) is 0 Å². The third-order valence-corrected chi connectivity index (χ3v) is 6.14. The van der Waals surface area contributed by atoms with Crippen molar-refractivity contribution in [2.45, 2.75) is 51.5 Å². The van der Waals surface area contributed by atoms with Gasteiger partial charge in [0.1, 0.15) is 0 Å². The normalized spacial score (nSPS) is 16.6. The Morgan fingerprint density at radius 1 is 1.26 bits per heavy atom. The lowest BCUT2D eigenvalue weighted by Crippen LogP contribution is -2.44. The molecule has 0 unspecified atom stereocenters. The number of aromatic nitrogens is 2. The third-order valence-electron chi connectivity index (χ3n) is 5.91. The van der Waals surface area contributed by atoms with Gasteiger partial charge in [-0.1, -0.05) is 36.6 Å². The topological polar surface area (TPSA) is 54.2 Å². The molecule has 1 fully saturated rings. The monoisotopic (exact) mass is 387 g/mol. The molecule has 0 aliphatic heterocycles. The molecule has 27 heavy (non-hydrogen) atoms. The van der Waals surface area contributed by atoms with Gasteiger partial charge in [-0.3, -0.25) is 9.67 Å². The van der Waals surface area contributed by atoms with Crippen LogP contribution in [0.15, 0.2) is 29.3 Å². The van der Waals surface area contributed by atoms with Gasteiger partial charge in [-0.25, -0.2) is 0 Å². The Morgan fingerprint density at radius 3 is 2.59 bits per heavy atom. The Labute approximate surface area is 167 Å². The van der Waals surface area contributed by atoms with Crippen molar-refractivity contribution in [3.05, 3.63) is 51.8 Å². The number of halogens is 1. The second-order valence-electron chi connectivity index (χ2n) is 7.55. The molecule has 3 rings (SSSR count). The van der Waals surface area contributed by atoms with Crippen LogP contribution in [0.1, 0.15) is 48.2 Å². The molecular formula is C21H30ClN5. The molecule has 1 saturated carbocycles. The van der Waals surface area contributed by atoms with E-state index >= 15 is 0 Å². The van der Waals surface area contributed by atoms with Crippen molar-refractivity contribution < 1.29 is 0 Å². The summed E-state index contributed by atoms with van der Waals surface area (Å²) in [5, 5.41) is 12.3. The molecule has 0 spiro atoms. The van der Waals surface area contributed by atoms with Gasteiger partial charge < -0.3 is 10.6 Å². The van der Waals surface area contributed by atoms with E-state index in [0.29, 0.717) is 0 Å². The molecular weight excluding hydrogens is 358 g/mol. The maximum absolute atomic E-state index is 6.26. The number of aryl methyl sites for hydroxylation is 2. The van der Waals surface area contributed by atoms with Gasteiger partial charge in [0.2, 0.25) is 0 Å². The molecule has 2 N–H and O–H groups in total. The number of benzene rings is 1. The Kier molecular flexibility index (Phi) is 6.10. The molecule has 1 aliphatic carbocycles. The van der Waals surface area contributed by atoms with Crippen molar-refractivity contribution in [2.24, 2.45) is 12.0 Å². The second kappa shape index (κ2) is 8.34. The lowest BCUT2D eigenvalue weighted by atomic mass is 9.79. The number of nitrogens with zero attached hydrogens (tertiary/aromatic N) is 3. The minimum Gasteiger partial charge on any atom is -0.356 e. The van der Waals surface area contributed by atoms with Gasteiger partial charge in [0.05, 0.1) is 5.69 Å². The molecule has 0 atom stereocenters. The van der Waals surface area contributed by atoms with E-state index in [0.717, 1.165) is 29.8 Å². The van der Waals surface area contributed by atoms with Crippen LogP contribution in [0.5, 0.6) is 0 Å². The number of nitrogens with one attached hydrogen (secondary N) is 2. The maximum Gasteiger partial charge on any atom is 0.191 e. The molecule has 2 aromatic rings. The predicted molar refractivity (Wildman–Crippen MR) is 112 cm³/mol. The Hall–Kier alpha value is -2.01. The highest BCUT2D eigenvalue weighted by Gasteiger charge is 2.35. The first kappa shape index (κ1) is 19.7. The molecule has 146 valence electrons. The molecule has 0 saturated heterocycles. The van der Waals surface area contributed by atoms with Crippen LogP contribution in [0.25, 0.3) is 0 Å². The lowest BCUT2D eigenvalue weighted by molar-refractivity contribution is 0.431. The SMILES string of the molecule is CN=C(NCc1c(C)nn(C)c1C)NCC1(c2cccc(Cl)c2)CCCC1. The Morgan fingerprint density at radius 2 is 2.00 bits per heavy atom. The summed E-state index contributed by atoms with van der Waals surface area (Å²) in [7, 11) is 3.80. The maximum atomic E-state index is 6.26. The van der Waals surface area contributed by atoms with Crippen molar-refractivity contribution in [1.82, 2.24) is 20.4 Å². The molecule has 1 aromatic heterocycles. The zero-order valence-electron chi connectivity index (χ0n) is 16.8. The zero-order chi connectivity index (χ0) is 19.4. The van der Waals surface area contributed by atoms with Crippen molar-refractivity contribution in [3.8, 4) is 0 Å². The van der Waals surface area contributed by atoms with E-state index in [-0.39, 0.29) is 5.41 Å². The molecule has 6 heteroatoms. The fraction of sp³-hybridized carbons (Fsp3) is 0.524. The summed E-state index contributed by atoms with van der Waals surface area (Å²) < 4.78 is 1.93. The summed E-state index contributed by atoms with van der Waals surface area (Å²) in [4.78, 5) is 4.41. The van der Waals surface area contributed by atoms with E-state index in [1.807, 2.05) is 31.8 Å². The number of guanidine groups is 1. The van der Waals surface area contributed by atoms with Crippen LogP contribution in [-0.2, 0) is 19.0 Å². The van der Waals surface area contributed by atoms with Crippen molar-refractivity contribution in [3.63, 3.8) is 0 Å².